The summed E-state index contributed by atoms with van der Waals surface area (Å²) in [5.74, 6) is 0.997. The van der Waals surface area contributed by atoms with Crippen LogP contribution in [-0.2, 0) is 5.41 Å². The number of fused-ring (bicyclic) bond motifs is 1. The Morgan fingerprint density at radius 3 is 2.55 bits per heavy atom. The molecule has 31 heavy (non-hydrogen) atoms. The second kappa shape index (κ2) is 7.08. The van der Waals surface area contributed by atoms with Crippen molar-refractivity contribution in [2.75, 3.05) is 11.4 Å². The minimum atomic E-state index is 0.107. The molecule has 1 N–H and O–H groups in total. The SMILES string of the molecule is C=C1C[C@@H](c2nc3ccc(C(C)(C)C)cc3[nH]2)N(c2ccc(-n3nccn3)cc2C)C1. The van der Waals surface area contributed by atoms with Crippen LogP contribution in [0.2, 0.25) is 0 Å². The lowest BCUT2D eigenvalue weighted by atomic mass is 9.87. The molecule has 1 fully saturated rings. The average molecular weight is 413 g/mol. The van der Waals surface area contributed by atoms with E-state index in [2.05, 4.69) is 90.8 Å². The van der Waals surface area contributed by atoms with Crippen LogP contribution in [0.3, 0.4) is 0 Å². The topological polar surface area (TPSA) is 62.6 Å². The highest BCUT2D eigenvalue weighted by molar-refractivity contribution is 5.76. The van der Waals surface area contributed by atoms with Crippen molar-refractivity contribution in [2.24, 2.45) is 0 Å². The number of aromatic amines is 1. The summed E-state index contributed by atoms with van der Waals surface area (Å²) in [7, 11) is 0. The Hall–Kier alpha value is -3.41. The highest BCUT2D eigenvalue weighted by atomic mass is 15.5. The van der Waals surface area contributed by atoms with E-state index < -0.39 is 0 Å². The van der Waals surface area contributed by atoms with E-state index in [1.54, 1.807) is 17.2 Å². The van der Waals surface area contributed by atoms with E-state index in [4.69, 9.17) is 4.98 Å². The van der Waals surface area contributed by atoms with E-state index in [9.17, 15) is 0 Å². The lowest BCUT2D eigenvalue weighted by Crippen LogP contribution is -2.24. The second-order valence-electron chi connectivity index (χ2n) is 9.49. The molecule has 2 aromatic carbocycles. The van der Waals surface area contributed by atoms with Crippen LogP contribution in [0.4, 0.5) is 5.69 Å². The first kappa shape index (κ1) is 19.5. The van der Waals surface area contributed by atoms with Crippen molar-refractivity contribution in [3.63, 3.8) is 0 Å². The van der Waals surface area contributed by atoms with E-state index in [0.29, 0.717) is 0 Å². The van der Waals surface area contributed by atoms with Crippen LogP contribution >= 0.6 is 0 Å². The number of rotatable bonds is 3. The van der Waals surface area contributed by atoms with Gasteiger partial charge in [0.05, 0.1) is 35.2 Å². The molecule has 0 radical (unpaired) electrons. The highest BCUT2D eigenvalue weighted by Gasteiger charge is 2.32. The maximum absolute atomic E-state index is 4.95. The van der Waals surface area contributed by atoms with E-state index in [0.717, 1.165) is 35.5 Å². The fourth-order valence-corrected chi connectivity index (χ4v) is 4.39. The number of nitrogens with one attached hydrogen (secondary N) is 1. The Kier molecular flexibility index (Phi) is 4.46. The fraction of sp³-hybridized carbons (Fsp3) is 0.320. The molecule has 1 aliphatic rings. The first-order valence-corrected chi connectivity index (χ1v) is 10.7. The van der Waals surface area contributed by atoms with Crippen LogP contribution in [0.25, 0.3) is 16.7 Å². The molecule has 6 heteroatoms. The number of aryl methyl sites for hydroxylation is 1. The Balaban J connectivity index is 1.51. The molecule has 0 saturated carbocycles. The molecule has 0 unspecified atom stereocenters. The third-order valence-corrected chi connectivity index (χ3v) is 6.07. The number of imidazole rings is 1. The fourth-order valence-electron chi connectivity index (χ4n) is 4.39. The van der Waals surface area contributed by atoms with E-state index in [-0.39, 0.29) is 11.5 Å². The van der Waals surface area contributed by atoms with Crippen molar-refractivity contribution in [1.29, 1.82) is 0 Å². The lowest BCUT2D eigenvalue weighted by Gasteiger charge is -2.27. The number of hydrogen-bond donors (Lipinski definition) is 1. The van der Waals surface area contributed by atoms with Crippen molar-refractivity contribution in [1.82, 2.24) is 25.0 Å². The number of nitrogens with zero attached hydrogens (tertiary/aromatic N) is 5. The van der Waals surface area contributed by atoms with E-state index >= 15 is 0 Å². The van der Waals surface area contributed by atoms with Crippen molar-refractivity contribution < 1.29 is 0 Å². The predicted molar refractivity (Wildman–Crippen MR) is 125 cm³/mol. The molecule has 1 saturated heterocycles. The molecule has 6 nitrogen and oxygen atoms in total. The Morgan fingerprint density at radius 1 is 1.06 bits per heavy atom. The molecular weight excluding hydrogens is 384 g/mol. The Morgan fingerprint density at radius 2 is 1.84 bits per heavy atom. The zero-order valence-corrected chi connectivity index (χ0v) is 18.6. The molecule has 1 aliphatic heterocycles. The van der Waals surface area contributed by atoms with Crippen molar-refractivity contribution in [3.8, 4) is 5.69 Å². The van der Waals surface area contributed by atoms with Crippen molar-refractivity contribution in [2.45, 2.75) is 45.6 Å². The maximum Gasteiger partial charge on any atom is 0.130 e. The van der Waals surface area contributed by atoms with Crippen LogP contribution < -0.4 is 4.90 Å². The van der Waals surface area contributed by atoms with Gasteiger partial charge in [0.2, 0.25) is 0 Å². The van der Waals surface area contributed by atoms with Gasteiger partial charge in [0, 0.05) is 12.2 Å². The quantitative estimate of drug-likeness (QED) is 0.467. The highest BCUT2D eigenvalue weighted by Crippen LogP contribution is 2.39. The van der Waals surface area contributed by atoms with Gasteiger partial charge in [-0.15, -0.1) is 0 Å². The van der Waals surface area contributed by atoms with Gasteiger partial charge in [-0.2, -0.15) is 15.0 Å². The van der Waals surface area contributed by atoms with Crippen molar-refractivity contribution in [3.05, 3.63) is 77.9 Å². The van der Waals surface area contributed by atoms with Gasteiger partial charge in [-0.3, -0.25) is 0 Å². The molecule has 1 atom stereocenters. The van der Waals surface area contributed by atoms with Gasteiger partial charge in [-0.1, -0.05) is 39.0 Å². The van der Waals surface area contributed by atoms with Gasteiger partial charge in [0.1, 0.15) is 5.82 Å². The summed E-state index contributed by atoms with van der Waals surface area (Å²) in [6.45, 7) is 14.0. The molecule has 0 amide bonds. The van der Waals surface area contributed by atoms with Gasteiger partial charge in [-0.25, -0.2) is 4.98 Å². The van der Waals surface area contributed by atoms with E-state index in [1.165, 1.54) is 22.4 Å². The molecule has 0 aliphatic carbocycles. The molecule has 3 heterocycles. The van der Waals surface area contributed by atoms with E-state index in [1.807, 2.05) is 0 Å². The average Bonchev–Trinajstić information content (AvgIpc) is 3.45. The van der Waals surface area contributed by atoms with Gasteiger partial charge >= 0.3 is 0 Å². The minimum absolute atomic E-state index is 0.107. The molecule has 4 aromatic rings. The number of anilines is 1. The Bertz CT molecular complexity index is 1260. The third-order valence-electron chi connectivity index (χ3n) is 6.07. The number of hydrogen-bond acceptors (Lipinski definition) is 4. The number of H-pyrrole nitrogens is 1. The number of benzene rings is 2. The summed E-state index contributed by atoms with van der Waals surface area (Å²) >= 11 is 0. The zero-order valence-electron chi connectivity index (χ0n) is 18.6. The monoisotopic (exact) mass is 412 g/mol. The summed E-state index contributed by atoms with van der Waals surface area (Å²) in [4.78, 5) is 12.6. The molecule has 158 valence electrons. The van der Waals surface area contributed by atoms with Crippen LogP contribution in [-0.4, -0.2) is 31.5 Å². The first-order valence-electron chi connectivity index (χ1n) is 10.7. The van der Waals surface area contributed by atoms with Gasteiger partial charge in [0.25, 0.3) is 0 Å². The third kappa shape index (κ3) is 3.52. The molecule has 0 spiro atoms. The summed E-state index contributed by atoms with van der Waals surface area (Å²) in [6.07, 6.45) is 4.28. The summed E-state index contributed by atoms with van der Waals surface area (Å²) in [5.41, 5.74) is 8.07. The van der Waals surface area contributed by atoms with Crippen LogP contribution in [0.1, 0.15) is 50.2 Å². The summed E-state index contributed by atoms with van der Waals surface area (Å²) in [6, 6.07) is 13.0. The van der Waals surface area contributed by atoms with Crippen LogP contribution in [0.5, 0.6) is 0 Å². The van der Waals surface area contributed by atoms with Crippen LogP contribution in [0.15, 0.2) is 60.9 Å². The zero-order chi connectivity index (χ0) is 21.8. The lowest BCUT2D eigenvalue weighted by molar-refractivity contribution is 0.591. The van der Waals surface area contributed by atoms with Crippen molar-refractivity contribution >= 4 is 16.7 Å². The first-order chi connectivity index (χ1) is 14.8. The number of aromatic nitrogens is 5. The van der Waals surface area contributed by atoms with Gasteiger partial charge < -0.3 is 9.88 Å². The van der Waals surface area contributed by atoms with Gasteiger partial charge in [-0.05, 0) is 60.2 Å². The minimum Gasteiger partial charge on any atom is -0.357 e. The normalized spacial score (nSPS) is 17.1. The maximum atomic E-state index is 4.95. The molecule has 5 rings (SSSR count). The molecule has 0 bridgehead atoms. The standard InChI is InChI=1S/C25H28N6/c1-16-12-23(24-28-20-8-6-18(25(3,4)5)14-21(20)29-24)30(15-16)22-9-7-19(13-17(22)2)31-26-10-11-27-31/h6-11,13-14,23H,1,12,15H2,2-5H3,(H,28,29)/t23-/m0/s1. The molecular formula is C25H28N6. The molecule has 2 aromatic heterocycles. The summed E-state index contributed by atoms with van der Waals surface area (Å²) < 4.78 is 0. The largest absolute Gasteiger partial charge is 0.357 e. The smallest absolute Gasteiger partial charge is 0.130 e. The Labute approximate surface area is 182 Å². The second-order valence-corrected chi connectivity index (χ2v) is 9.49. The van der Waals surface area contributed by atoms with Gasteiger partial charge in [0.15, 0.2) is 0 Å². The predicted octanol–water partition coefficient (Wildman–Crippen LogP) is 5.26. The van der Waals surface area contributed by atoms with Crippen LogP contribution in [0, 0.1) is 6.92 Å². The summed E-state index contributed by atoms with van der Waals surface area (Å²) in [5, 5.41) is 8.48.